The topological polar surface area (TPSA) is 77.3 Å². The summed E-state index contributed by atoms with van der Waals surface area (Å²) in [5.41, 5.74) is -0.0251. The molecule has 0 unspecified atom stereocenters. The SMILES string of the molecule is Cc1onc(-c2c(F)cccc2Cl)c1C(=O)NCc1cccnc1OCC(F)(F)F. The Kier molecular flexibility index (Phi) is 6.25. The van der Waals surface area contributed by atoms with Gasteiger partial charge in [0.05, 0.1) is 10.6 Å². The Morgan fingerprint density at radius 3 is 2.73 bits per heavy atom. The van der Waals surface area contributed by atoms with E-state index < -0.39 is 24.5 Å². The zero-order chi connectivity index (χ0) is 21.9. The monoisotopic (exact) mass is 443 g/mol. The van der Waals surface area contributed by atoms with Crippen LogP contribution in [0, 0.1) is 12.7 Å². The first kappa shape index (κ1) is 21.6. The lowest BCUT2D eigenvalue weighted by molar-refractivity contribution is -0.154. The van der Waals surface area contributed by atoms with E-state index in [2.05, 4.69) is 20.2 Å². The van der Waals surface area contributed by atoms with Crippen molar-refractivity contribution >= 4 is 17.5 Å². The quantitative estimate of drug-likeness (QED) is 0.558. The van der Waals surface area contributed by atoms with E-state index >= 15 is 0 Å². The summed E-state index contributed by atoms with van der Waals surface area (Å²) in [4.78, 5) is 16.5. The largest absolute Gasteiger partial charge is 0.468 e. The van der Waals surface area contributed by atoms with E-state index in [9.17, 15) is 22.4 Å². The third kappa shape index (κ3) is 4.88. The number of aromatic nitrogens is 2. The number of rotatable bonds is 6. The third-order valence-corrected chi connectivity index (χ3v) is 4.27. The molecule has 0 aliphatic heterocycles. The first-order chi connectivity index (χ1) is 14.2. The van der Waals surface area contributed by atoms with Gasteiger partial charge in [0.15, 0.2) is 6.61 Å². The summed E-state index contributed by atoms with van der Waals surface area (Å²) in [6.45, 7) is -0.261. The predicted molar refractivity (Wildman–Crippen MR) is 98.6 cm³/mol. The van der Waals surface area contributed by atoms with Crippen LogP contribution >= 0.6 is 11.6 Å². The van der Waals surface area contributed by atoms with Crippen molar-refractivity contribution in [2.45, 2.75) is 19.6 Å². The van der Waals surface area contributed by atoms with Crippen LogP contribution in [0.4, 0.5) is 17.6 Å². The summed E-state index contributed by atoms with van der Waals surface area (Å²) in [5.74, 6) is -1.54. The van der Waals surface area contributed by atoms with E-state index in [1.54, 1.807) is 0 Å². The molecule has 2 aromatic heterocycles. The summed E-state index contributed by atoms with van der Waals surface area (Å²) < 4.78 is 61.2. The lowest BCUT2D eigenvalue weighted by Crippen LogP contribution is -2.25. The molecule has 0 saturated heterocycles. The number of ether oxygens (including phenoxy) is 1. The number of pyridine rings is 1. The van der Waals surface area contributed by atoms with Gasteiger partial charge in [0, 0.05) is 18.3 Å². The number of hydrogen-bond donors (Lipinski definition) is 1. The standard InChI is InChI=1S/C19H14ClF4N3O3/c1-10-14(16(27-30-10)15-12(20)5-2-6-13(15)21)17(28)26-8-11-4-3-7-25-18(11)29-9-19(22,23)24/h2-7H,8-9H2,1H3,(H,26,28). The van der Waals surface area contributed by atoms with Gasteiger partial charge >= 0.3 is 6.18 Å². The second kappa shape index (κ2) is 8.70. The number of nitrogens with one attached hydrogen (secondary N) is 1. The maximum atomic E-state index is 14.3. The molecule has 0 bridgehead atoms. The molecule has 0 spiro atoms. The molecule has 3 aromatic rings. The van der Waals surface area contributed by atoms with Gasteiger partial charge in [-0.3, -0.25) is 4.79 Å². The maximum absolute atomic E-state index is 14.3. The van der Waals surface area contributed by atoms with Crippen LogP contribution in [-0.4, -0.2) is 28.8 Å². The number of nitrogens with zero attached hydrogens (tertiary/aromatic N) is 2. The van der Waals surface area contributed by atoms with Gasteiger partial charge in [-0.1, -0.05) is 28.9 Å². The van der Waals surface area contributed by atoms with Crippen molar-refractivity contribution in [2.24, 2.45) is 0 Å². The van der Waals surface area contributed by atoms with Crippen molar-refractivity contribution in [1.29, 1.82) is 0 Å². The lowest BCUT2D eigenvalue weighted by Gasteiger charge is -2.12. The number of hydrogen-bond acceptors (Lipinski definition) is 5. The number of halogens is 5. The fraction of sp³-hybridized carbons (Fsp3) is 0.211. The van der Waals surface area contributed by atoms with Crippen molar-refractivity contribution in [2.75, 3.05) is 6.61 Å². The highest BCUT2D eigenvalue weighted by Gasteiger charge is 2.29. The molecule has 158 valence electrons. The summed E-state index contributed by atoms with van der Waals surface area (Å²) in [6.07, 6.45) is -3.27. The number of carbonyl (C=O) groups excluding carboxylic acids is 1. The second-order valence-electron chi connectivity index (χ2n) is 6.11. The average molecular weight is 444 g/mol. The molecule has 0 fully saturated rings. The Balaban J connectivity index is 1.82. The van der Waals surface area contributed by atoms with E-state index in [1.165, 1.54) is 37.4 Å². The first-order valence-electron chi connectivity index (χ1n) is 8.49. The molecular formula is C19H14ClF4N3O3. The van der Waals surface area contributed by atoms with Crippen molar-refractivity contribution < 1.29 is 31.6 Å². The highest BCUT2D eigenvalue weighted by Crippen LogP contribution is 2.33. The van der Waals surface area contributed by atoms with Gasteiger partial charge in [0.25, 0.3) is 5.91 Å². The highest BCUT2D eigenvalue weighted by molar-refractivity contribution is 6.33. The minimum absolute atomic E-state index is 0.0347. The molecule has 1 N–H and O–H groups in total. The van der Waals surface area contributed by atoms with Crippen LogP contribution in [0.3, 0.4) is 0 Å². The normalized spacial score (nSPS) is 11.4. The predicted octanol–water partition coefficient (Wildman–Crippen LogP) is 4.71. The molecule has 30 heavy (non-hydrogen) atoms. The van der Waals surface area contributed by atoms with E-state index in [4.69, 9.17) is 16.1 Å². The Bertz CT molecular complexity index is 1050. The Morgan fingerprint density at radius 1 is 1.27 bits per heavy atom. The molecule has 1 aromatic carbocycles. The minimum atomic E-state index is -4.54. The maximum Gasteiger partial charge on any atom is 0.422 e. The number of aryl methyl sites for hydroxylation is 1. The first-order valence-corrected chi connectivity index (χ1v) is 8.87. The van der Waals surface area contributed by atoms with Gasteiger partial charge in [-0.25, -0.2) is 9.37 Å². The van der Waals surface area contributed by atoms with Crippen LogP contribution in [0.2, 0.25) is 5.02 Å². The van der Waals surface area contributed by atoms with Crippen molar-refractivity contribution in [3.8, 4) is 17.1 Å². The minimum Gasteiger partial charge on any atom is -0.468 e. The Morgan fingerprint density at radius 2 is 2.03 bits per heavy atom. The van der Waals surface area contributed by atoms with E-state index in [0.29, 0.717) is 0 Å². The number of carbonyl (C=O) groups is 1. The smallest absolute Gasteiger partial charge is 0.422 e. The zero-order valence-corrected chi connectivity index (χ0v) is 16.1. The van der Waals surface area contributed by atoms with Crippen molar-refractivity contribution in [1.82, 2.24) is 15.5 Å². The van der Waals surface area contributed by atoms with Crippen LogP contribution < -0.4 is 10.1 Å². The Labute approximate surface area is 172 Å². The molecule has 6 nitrogen and oxygen atoms in total. The average Bonchev–Trinajstić information content (AvgIpc) is 3.05. The molecule has 3 rings (SSSR count). The molecule has 0 radical (unpaired) electrons. The van der Waals surface area contributed by atoms with Crippen molar-refractivity contribution in [3.05, 3.63) is 64.3 Å². The van der Waals surface area contributed by atoms with Gasteiger partial charge in [-0.2, -0.15) is 13.2 Å². The molecule has 0 aliphatic carbocycles. The fourth-order valence-electron chi connectivity index (χ4n) is 2.64. The zero-order valence-electron chi connectivity index (χ0n) is 15.4. The van der Waals surface area contributed by atoms with Crippen LogP contribution in [0.15, 0.2) is 41.1 Å². The van der Waals surface area contributed by atoms with Gasteiger partial charge in [-0.05, 0) is 25.1 Å². The van der Waals surface area contributed by atoms with Gasteiger partial charge in [0.1, 0.15) is 22.8 Å². The summed E-state index contributed by atoms with van der Waals surface area (Å²) >= 11 is 6.05. The van der Waals surface area contributed by atoms with E-state index in [-0.39, 0.29) is 45.6 Å². The summed E-state index contributed by atoms with van der Waals surface area (Å²) in [7, 11) is 0. The molecule has 1 amide bonds. The summed E-state index contributed by atoms with van der Waals surface area (Å²) in [5, 5.41) is 6.29. The summed E-state index contributed by atoms with van der Waals surface area (Å²) in [6, 6.07) is 6.93. The van der Waals surface area contributed by atoms with E-state index in [0.717, 1.165) is 6.07 Å². The molecule has 0 saturated carbocycles. The second-order valence-corrected chi connectivity index (χ2v) is 6.52. The van der Waals surface area contributed by atoms with Crippen LogP contribution in [0.5, 0.6) is 5.88 Å². The molecular weight excluding hydrogens is 430 g/mol. The number of amides is 1. The highest BCUT2D eigenvalue weighted by atomic mass is 35.5. The lowest BCUT2D eigenvalue weighted by atomic mass is 10.0. The van der Waals surface area contributed by atoms with Crippen LogP contribution in [0.1, 0.15) is 21.7 Å². The fourth-order valence-corrected chi connectivity index (χ4v) is 2.89. The number of alkyl halides is 3. The number of benzene rings is 1. The molecule has 0 atom stereocenters. The van der Waals surface area contributed by atoms with E-state index in [1.807, 2.05) is 0 Å². The van der Waals surface area contributed by atoms with Gasteiger partial charge < -0.3 is 14.6 Å². The van der Waals surface area contributed by atoms with Gasteiger partial charge in [0.2, 0.25) is 5.88 Å². The van der Waals surface area contributed by atoms with Gasteiger partial charge in [-0.15, -0.1) is 0 Å². The molecule has 2 heterocycles. The third-order valence-electron chi connectivity index (χ3n) is 3.95. The molecule has 0 aliphatic rings. The van der Waals surface area contributed by atoms with Crippen molar-refractivity contribution in [3.63, 3.8) is 0 Å². The molecule has 11 heteroatoms. The Hall–Kier alpha value is -3.14. The van der Waals surface area contributed by atoms with Crippen LogP contribution in [-0.2, 0) is 6.54 Å². The van der Waals surface area contributed by atoms with Crippen LogP contribution in [0.25, 0.3) is 11.3 Å².